The van der Waals surface area contributed by atoms with E-state index in [0.29, 0.717) is 0 Å². The van der Waals surface area contributed by atoms with Crippen LogP contribution < -0.4 is 0 Å². The molecule has 2 heteroatoms. The number of aromatic nitrogens is 1. The lowest BCUT2D eigenvalue weighted by Gasteiger charge is -2.27. The van der Waals surface area contributed by atoms with Crippen molar-refractivity contribution in [2.45, 2.75) is 54.7 Å². The van der Waals surface area contributed by atoms with E-state index in [1.807, 2.05) is 18.0 Å². The number of aryl methyl sites for hydroxylation is 1. The maximum Gasteiger partial charge on any atom is 0.0353 e. The Labute approximate surface area is 274 Å². The molecule has 0 saturated heterocycles. The van der Waals surface area contributed by atoms with Gasteiger partial charge in [-0.2, -0.15) is 0 Å². The van der Waals surface area contributed by atoms with Gasteiger partial charge in [0.15, 0.2) is 0 Å². The Morgan fingerprint density at radius 1 is 0.630 bits per heavy atom. The molecule has 1 nitrogen and oxygen atoms in total. The third kappa shape index (κ3) is 3.62. The first-order valence-electron chi connectivity index (χ1n) is 16.6. The highest BCUT2D eigenvalue weighted by atomic mass is 32.2. The molecule has 7 aromatic rings. The van der Waals surface area contributed by atoms with Crippen molar-refractivity contribution < 1.29 is 0 Å². The molecular weight excluding hydrogens is 575 g/mol. The number of rotatable bonds is 3. The Hall–Kier alpha value is -4.66. The van der Waals surface area contributed by atoms with E-state index in [1.165, 1.54) is 111 Å². The van der Waals surface area contributed by atoms with Crippen LogP contribution in [0.4, 0.5) is 0 Å². The van der Waals surface area contributed by atoms with E-state index in [-0.39, 0.29) is 5.41 Å². The van der Waals surface area contributed by atoms with E-state index in [4.69, 9.17) is 4.98 Å². The lowest BCUT2D eigenvalue weighted by molar-refractivity contribution is 0.658. The van der Waals surface area contributed by atoms with E-state index in [9.17, 15) is 0 Å². The molecule has 0 atom stereocenters. The summed E-state index contributed by atoms with van der Waals surface area (Å²) >= 11 is 1.89. The molecular formula is C44H33NS. The molecule has 0 amide bonds. The molecule has 3 aliphatic carbocycles. The fourth-order valence-corrected chi connectivity index (χ4v) is 9.93. The fraction of sp³-hybridized carbons (Fsp3) is 0.159. The third-order valence-electron chi connectivity index (χ3n) is 11.0. The number of benzene rings is 6. The summed E-state index contributed by atoms with van der Waals surface area (Å²) in [6.07, 6.45) is 11.2. The van der Waals surface area contributed by atoms with Crippen molar-refractivity contribution in [1.29, 1.82) is 0 Å². The maximum atomic E-state index is 4.72. The molecule has 0 fully saturated rings. The van der Waals surface area contributed by atoms with Crippen LogP contribution >= 0.6 is 11.8 Å². The Balaban J connectivity index is 1.20. The van der Waals surface area contributed by atoms with Crippen LogP contribution in [0.1, 0.15) is 54.5 Å². The van der Waals surface area contributed by atoms with Gasteiger partial charge >= 0.3 is 0 Å². The average molecular weight is 608 g/mol. The molecule has 0 bridgehead atoms. The van der Waals surface area contributed by atoms with Gasteiger partial charge in [-0.15, -0.1) is 0 Å². The zero-order chi connectivity index (χ0) is 30.6. The van der Waals surface area contributed by atoms with Gasteiger partial charge < -0.3 is 0 Å². The predicted molar refractivity (Wildman–Crippen MR) is 195 cm³/mol. The van der Waals surface area contributed by atoms with Crippen molar-refractivity contribution in [2.75, 3.05) is 0 Å². The van der Waals surface area contributed by atoms with E-state index < -0.39 is 0 Å². The van der Waals surface area contributed by atoms with Gasteiger partial charge in [0.05, 0.1) is 0 Å². The summed E-state index contributed by atoms with van der Waals surface area (Å²) in [5.41, 5.74) is 14.2. The molecule has 0 spiro atoms. The molecule has 0 radical (unpaired) electrons. The first kappa shape index (κ1) is 26.5. The number of pyridine rings is 1. The Morgan fingerprint density at radius 2 is 1.41 bits per heavy atom. The first-order chi connectivity index (χ1) is 22.6. The number of hydrogen-bond donors (Lipinski definition) is 0. The highest BCUT2D eigenvalue weighted by Crippen LogP contribution is 2.52. The highest BCUT2D eigenvalue weighted by molar-refractivity contribution is 7.99. The molecule has 10 rings (SSSR count). The smallest absolute Gasteiger partial charge is 0.0353 e. The molecule has 6 aromatic carbocycles. The molecule has 46 heavy (non-hydrogen) atoms. The van der Waals surface area contributed by atoms with Gasteiger partial charge in [-0.25, -0.2) is 0 Å². The summed E-state index contributed by atoms with van der Waals surface area (Å²) in [5.74, 6) is 0. The minimum Gasteiger partial charge on any atom is -0.264 e. The van der Waals surface area contributed by atoms with E-state index in [0.717, 1.165) is 6.42 Å². The largest absolute Gasteiger partial charge is 0.264 e. The van der Waals surface area contributed by atoms with Gasteiger partial charge in [0.1, 0.15) is 0 Å². The summed E-state index contributed by atoms with van der Waals surface area (Å²) in [6, 6.07) is 36.8. The van der Waals surface area contributed by atoms with Crippen molar-refractivity contribution >= 4 is 49.7 Å². The van der Waals surface area contributed by atoms with Crippen LogP contribution in [-0.2, 0) is 18.3 Å². The minimum atomic E-state index is -0.0234. The molecule has 1 heterocycles. The van der Waals surface area contributed by atoms with E-state index >= 15 is 0 Å². The molecule has 0 saturated carbocycles. The van der Waals surface area contributed by atoms with Crippen molar-refractivity contribution in [3.05, 3.63) is 143 Å². The summed E-state index contributed by atoms with van der Waals surface area (Å²) < 4.78 is 0. The number of nitrogens with zero attached hydrogens (tertiary/aromatic N) is 1. The normalized spacial score (nSPS) is 15.7. The van der Waals surface area contributed by atoms with Crippen LogP contribution in [0.5, 0.6) is 0 Å². The van der Waals surface area contributed by atoms with Gasteiger partial charge in [-0.3, -0.25) is 4.98 Å². The Morgan fingerprint density at radius 3 is 2.35 bits per heavy atom. The van der Waals surface area contributed by atoms with Crippen LogP contribution in [0.3, 0.4) is 0 Å². The zero-order valence-corrected chi connectivity index (χ0v) is 27.0. The van der Waals surface area contributed by atoms with Crippen molar-refractivity contribution in [2.24, 2.45) is 0 Å². The highest BCUT2D eigenvalue weighted by Gasteiger charge is 2.35. The Bertz CT molecular complexity index is 2420. The first-order valence-corrected chi connectivity index (χ1v) is 17.4. The van der Waals surface area contributed by atoms with Crippen molar-refractivity contribution in [3.63, 3.8) is 0 Å². The molecule has 0 unspecified atom stereocenters. The lowest BCUT2D eigenvalue weighted by atomic mass is 9.77. The maximum absolute atomic E-state index is 4.72. The second kappa shape index (κ2) is 9.67. The summed E-state index contributed by atoms with van der Waals surface area (Å²) in [6.45, 7) is 4.73. The van der Waals surface area contributed by atoms with Crippen molar-refractivity contribution in [3.8, 4) is 22.3 Å². The van der Waals surface area contributed by atoms with Crippen molar-refractivity contribution in [1.82, 2.24) is 4.98 Å². The van der Waals surface area contributed by atoms with Gasteiger partial charge in [0.2, 0.25) is 0 Å². The molecule has 0 aliphatic heterocycles. The zero-order valence-electron chi connectivity index (χ0n) is 26.2. The number of fused-ring (bicyclic) bond motifs is 5. The van der Waals surface area contributed by atoms with Gasteiger partial charge in [0.25, 0.3) is 0 Å². The molecule has 1 aromatic heterocycles. The third-order valence-corrected chi connectivity index (χ3v) is 12.1. The molecule has 0 N–H and O–H groups in total. The second-order valence-electron chi connectivity index (χ2n) is 13.7. The lowest BCUT2D eigenvalue weighted by Crippen LogP contribution is -2.14. The summed E-state index contributed by atoms with van der Waals surface area (Å²) in [5, 5.41) is 7.93. The average Bonchev–Trinajstić information content (AvgIpc) is 3.33. The van der Waals surface area contributed by atoms with Crippen LogP contribution in [0.25, 0.3) is 60.1 Å². The number of allylic oxidation sites excluding steroid dienone is 2. The molecule has 3 aliphatic rings. The van der Waals surface area contributed by atoms with E-state index in [1.54, 1.807) is 5.57 Å². The van der Waals surface area contributed by atoms with Crippen LogP contribution in [-0.4, -0.2) is 4.98 Å². The topological polar surface area (TPSA) is 12.9 Å². The predicted octanol–water partition coefficient (Wildman–Crippen LogP) is 11.9. The fourth-order valence-electron chi connectivity index (χ4n) is 8.80. The minimum absolute atomic E-state index is 0.0234. The van der Waals surface area contributed by atoms with Crippen LogP contribution in [0.15, 0.2) is 125 Å². The van der Waals surface area contributed by atoms with Gasteiger partial charge in [-0.05, 0) is 126 Å². The summed E-state index contributed by atoms with van der Waals surface area (Å²) in [7, 11) is 0. The van der Waals surface area contributed by atoms with Crippen LogP contribution in [0, 0.1) is 0 Å². The molecule has 220 valence electrons. The Kier molecular flexibility index (Phi) is 5.58. The van der Waals surface area contributed by atoms with Gasteiger partial charge in [0, 0.05) is 33.0 Å². The monoisotopic (exact) mass is 607 g/mol. The second-order valence-corrected chi connectivity index (χ2v) is 14.8. The van der Waals surface area contributed by atoms with Gasteiger partial charge in [-0.1, -0.05) is 111 Å². The standard InChI is InChI=1S/C44H33NS/c1-44(2)38-13-6-5-10-30(38)31-21-18-29(24-39(31)44)46-43-35-12-4-3-11-32(35)42(37-25-45-23-22-36(37)43)34-20-17-28-15-14-26-8-7-9-27-16-19-33(34)41(28)40(26)27/h3-6,10-14,16-25H,7-9,15H2,1-2H3. The van der Waals surface area contributed by atoms with Crippen LogP contribution in [0.2, 0.25) is 0 Å². The number of hydrogen-bond acceptors (Lipinski definition) is 2. The van der Waals surface area contributed by atoms with E-state index in [2.05, 4.69) is 123 Å². The SMILES string of the molecule is CC1(C)c2ccccc2-c2ccc(Sc3c4ccccc4c(-c4ccc5c6c7c(ccc46)CCCC7=CC5)c4cnccc34)cc21. The quantitative estimate of drug-likeness (QED) is 0.185. The summed E-state index contributed by atoms with van der Waals surface area (Å²) in [4.78, 5) is 7.29.